The van der Waals surface area contributed by atoms with Gasteiger partial charge in [0.05, 0.1) is 0 Å². The molecule has 0 radical (unpaired) electrons. The zero-order valence-corrected chi connectivity index (χ0v) is 9.90. The topological polar surface area (TPSA) is 26.0 Å². The van der Waals surface area contributed by atoms with Crippen molar-refractivity contribution in [3.8, 4) is 0 Å². The molecular weight excluding hydrogens is 190 g/mol. The molecule has 82 valence electrons. The van der Waals surface area contributed by atoms with E-state index in [4.69, 9.17) is 5.73 Å². The van der Waals surface area contributed by atoms with Crippen LogP contribution < -0.4 is 5.73 Å². The average Bonchev–Trinajstić information content (AvgIpc) is 2.69. The standard InChI is InChI=1S/C12H23NS/c13-11-7-3-4-8-12(11)14-9-10-5-1-2-6-10/h10-12H,1-9,13H2. The fourth-order valence-electron chi connectivity index (χ4n) is 2.77. The fourth-order valence-corrected chi connectivity index (χ4v) is 4.34. The van der Waals surface area contributed by atoms with Crippen LogP contribution in [0, 0.1) is 5.92 Å². The summed E-state index contributed by atoms with van der Waals surface area (Å²) in [4.78, 5) is 0. The third kappa shape index (κ3) is 2.90. The van der Waals surface area contributed by atoms with Crippen LogP contribution in [0.15, 0.2) is 0 Å². The lowest BCUT2D eigenvalue weighted by Gasteiger charge is -2.28. The van der Waals surface area contributed by atoms with E-state index >= 15 is 0 Å². The van der Waals surface area contributed by atoms with Gasteiger partial charge in [0.25, 0.3) is 0 Å². The first-order chi connectivity index (χ1) is 6.86. The molecule has 1 nitrogen and oxygen atoms in total. The fraction of sp³-hybridized carbons (Fsp3) is 1.00. The molecule has 14 heavy (non-hydrogen) atoms. The van der Waals surface area contributed by atoms with Crippen molar-refractivity contribution in [2.24, 2.45) is 11.7 Å². The van der Waals surface area contributed by atoms with Crippen LogP contribution >= 0.6 is 11.8 Å². The number of thioether (sulfide) groups is 1. The Hall–Kier alpha value is 0.310. The quantitative estimate of drug-likeness (QED) is 0.779. The van der Waals surface area contributed by atoms with Crippen LogP contribution in [0.5, 0.6) is 0 Å². The highest BCUT2D eigenvalue weighted by atomic mass is 32.2. The highest BCUT2D eigenvalue weighted by molar-refractivity contribution is 7.99. The van der Waals surface area contributed by atoms with Gasteiger partial charge >= 0.3 is 0 Å². The van der Waals surface area contributed by atoms with Crippen molar-refractivity contribution in [2.75, 3.05) is 5.75 Å². The van der Waals surface area contributed by atoms with Crippen LogP contribution in [0.2, 0.25) is 0 Å². The second kappa shape index (κ2) is 5.41. The summed E-state index contributed by atoms with van der Waals surface area (Å²) in [6.45, 7) is 0. The van der Waals surface area contributed by atoms with Crippen LogP contribution in [0.3, 0.4) is 0 Å². The van der Waals surface area contributed by atoms with Gasteiger partial charge in [-0.3, -0.25) is 0 Å². The summed E-state index contributed by atoms with van der Waals surface area (Å²) in [6, 6.07) is 0.496. The third-order valence-corrected chi connectivity index (χ3v) is 5.45. The molecule has 2 rings (SSSR count). The highest BCUT2D eigenvalue weighted by Gasteiger charge is 2.24. The first kappa shape index (κ1) is 10.8. The van der Waals surface area contributed by atoms with Gasteiger partial charge in [-0.25, -0.2) is 0 Å². The Bertz CT molecular complexity index is 166. The predicted octanol–water partition coefficient (Wildman–Crippen LogP) is 3.18. The molecule has 0 aromatic carbocycles. The molecule has 2 atom stereocenters. The molecule has 2 heteroatoms. The molecule has 2 fully saturated rings. The van der Waals surface area contributed by atoms with Crippen LogP contribution in [0.1, 0.15) is 51.4 Å². The smallest absolute Gasteiger partial charge is 0.0199 e. The molecule has 0 aromatic heterocycles. The van der Waals surface area contributed by atoms with Crippen LogP contribution in [0.25, 0.3) is 0 Å². The van der Waals surface area contributed by atoms with Crippen molar-refractivity contribution in [1.29, 1.82) is 0 Å². The summed E-state index contributed by atoms with van der Waals surface area (Å²) < 4.78 is 0. The lowest BCUT2D eigenvalue weighted by Crippen LogP contribution is -2.35. The molecule has 0 aliphatic heterocycles. The monoisotopic (exact) mass is 213 g/mol. The van der Waals surface area contributed by atoms with Gasteiger partial charge in [-0.05, 0) is 37.4 Å². The highest BCUT2D eigenvalue weighted by Crippen LogP contribution is 2.33. The van der Waals surface area contributed by atoms with Crippen LogP contribution in [-0.2, 0) is 0 Å². The van der Waals surface area contributed by atoms with Gasteiger partial charge < -0.3 is 5.73 Å². The molecular formula is C12H23NS. The van der Waals surface area contributed by atoms with Crippen molar-refractivity contribution < 1.29 is 0 Å². The lowest BCUT2D eigenvalue weighted by molar-refractivity contribution is 0.452. The van der Waals surface area contributed by atoms with E-state index in [1.807, 2.05) is 0 Å². The molecule has 0 amide bonds. The van der Waals surface area contributed by atoms with Gasteiger partial charge in [-0.2, -0.15) is 11.8 Å². The maximum absolute atomic E-state index is 6.14. The van der Waals surface area contributed by atoms with Crippen LogP contribution in [-0.4, -0.2) is 17.0 Å². The number of hydrogen-bond donors (Lipinski definition) is 1. The Morgan fingerprint density at radius 1 is 0.929 bits per heavy atom. The minimum atomic E-state index is 0.496. The summed E-state index contributed by atoms with van der Waals surface area (Å²) in [7, 11) is 0. The summed E-state index contributed by atoms with van der Waals surface area (Å²) in [5.41, 5.74) is 6.14. The zero-order valence-electron chi connectivity index (χ0n) is 9.08. The average molecular weight is 213 g/mol. The Morgan fingerprint density at radius 2 is 1.57 bits per heavy atom. The van der Waals surface area contributed by atoms with Crippen molar-refractivity contribution in [3.63, 3.8) is 0 Å². The summed E-state index contributed by atoms with van der Waals surface area (Å²) in [6.07, 6.45) is 11.3. The van der Waals surface area contributed by atoms with E-state index < -0.39 is 0 Å². The SMILES string of the molecule is NC1CCCCC1SCC1CCCC1. The Labute approximate surface area is 92.2 Å². The van der Waals surface area contributed by atoms with Gasteiger partial charge in [-0.15, -0.1) is 0 Å². The molecule has 2 saturated carbocycles. The molecule has 0 saturated heterocycles. The Balaban J connectivity index is 1.67. The number of rotatable bonds is 3. The Morgan fingerprint density at radius 3 is 2.29 bits per heavy atom. The van der Waals surface area contributed by atoms with E-state index in [-0.39, 0.29) is 0 Å². The number of nitrogens with two attached hydrogens (primary N) is 1. The molecule has 0 heterocycles. The first-order valence-corrected chi connectivity index (χ1v) is 7.28. The van der Waals surface area contributed by atoms with E-state index in [2.05, 4.69) is 11.8 Å². The van der Waals surface area contributed by atoms with Gasteiger partial charge in [0.1, 0.15) is 0 Å². The lowest BCUT2D eigenvalue weighted by atomic mass is 9.96. The van der Waals surface area contributed by atoms with Crippen molar-refractivity contribution in [2.45, 2.75) is 62.7 Å². The largest absolute Gasteiger partial charge is 0.327 e. The van der Waals surface area contributed by atoms with E-state index in [0.29, 0.717) is 6.04 Å². The maximum atomic E-state index is 6.14. The van der Waals surface area contributed by atoms with E-state index in [0.717, 1.165) is 11.2 Å². The minimum Gasteiger partial charge on any atom is -0.327 e. The molecule has 0 aromatic rings. The maximum Gasteiger partial charge on any atom is 0.0199 e. The molecule has 2 unspecified atom stereocenters. The van der Waals surface area contributed by atoms with E-state index in [9.17, 15) is 0 Å². The summed E-state index contributed by atoms with van der Waals surface area (Å²) in [5, 5.41) is 0.782. The van der Waals surface area contributed by atoms with E-state index in [1.54, 1.807) is 0 Å². The summed E-state index contributed by atoms with van der Waals surface area (Å²) >= 11 is 2.18. The normalized spacial score (nSPS) is 34.9. The predicted molar refractivity (Wildman–Crippen MR) is 64.6 cm³/mol. The number of hydrogen-bond acceptors (Lipinski definition) is 2. The second-order valence-electron chi connectivity index (χ2n) is 4.97. The molecule has 0 bridgehead atoms. The third-order valence-electron chi connectivity index (χ3n) is 3.77. The van der Waals surface area contributed by atoms with Crippen molar-refractivity contribution in [3.05, 3.63) is 0 Å². The van der Waals surface area contributed by atoms with Gasteiger partial charge in [0.2, 0.25) is 0 Å². The molecule has 2 N–H and O–H groups in total. The van der Waals surface area contributed by atoms with E-state index in [1.165, 1.54) is 57.1 Å². The van der Waals surface area contributed by atoms with Gasteiger partial charge in [0, 0.05) is 11.3 Å². The molecule has 0 spiro atoms. The second-order valence-corrected chi connectivity index (χ2v) is 6.24. The molecule has 2 aliphatic carbocycles. The summed E-state index contributed by atoms with van der Waals surface area (Å²) in [5.74, 6) is 2.41. The van der Waals surface area contributed by atoms with Gasteiger partial charge in [0.15, 0.2) is 0 Å². The minimum absolute atomic E-state index is 0.496. The molecule has 2 aliphatic rings. The first-order valence-electron chi connectivity index (χ1n) is 6.23. The zero-order chi connectivity index (χ0) is 9.80. The van der Waals surface area contributed by atoms with Crippen LogP contribution in [0.4, 0.5) is 0 Å². The van der Waals surface area contributed by atoms with Gasteiger partial charge in [-0.1, -0.05) is 25.7 Å². The van der Waals surface area contributed by atoms with Crippen molar-refractivity contribution in [1.82, 2.24) is 0 Å². The van der Waals surface area contributed by atoms with Crippen molar-refractivity contribution >= 4 is 11.8 Å². The Kier molecular flexibility index (Phi) is 4.18.